The molecule has 1 amide bonds. The number of carbonyl (C=O) groups is 1. The third-order valence-electron chi connectivity index (χ3n) is 3.89. The zero-order chi connectivity index (χ0) is 15.5. The van der Waals surface area contributed by atoms with Crippen molar-refractivity contribution in [1.82, 2.24) is 14.9 Å². The van der Waals surface area contributed by atoms with E-state index < -0.39 is 0 Å². The highest BCUT2D eigenvalue weighted by molar-refractivity contribution is 5.86. The maximum absolute atomic E-state index is 12.3. The summed E-state index contributed by atoms with van der Waals surface area (Å²) in [7, 11) is 0. The average molecular weight is 293 g/mol. The third kappa shape index (κ3) is 2.86. The maximum Gasteiger partial charge on any atom is 0.240 e. The molecule has 0 fully saturated rings. The quantitative estimate of drug-likeness (QED) is 0.803. The Morgan fingerprint density at radius 2 is 1.95 bits per heavy atom. The number of para-hydroxylation sites is 1. The van der Waals surface area contributed by atoms with Gasteiger partial charge in [-0.1, -0.05) is 18.2 Å². The molecule has 1 aromatic carbocycles. The summed E-state index contributed by atoms with van der Waals surface area (Å²) < 4.78 is 2.00. The highest BCUT2D eigenvalue weighted by atomic mass is 16.2. The van der Waals surface area contributed by atoms with Crippen LogP contribution in [0.4, 0.5) is 0 Å². The molecule has 22 heavy (non-hydrogen) atoms. The van der Waals surface area contributed by atoms with E-state index in [9.17, 15) is 4.79 Å². The molecule has 0 unspecified atom stereocenters. The van der Waals surface area contributed by atoms with Gasteiger partial charge in [-0.25, -0.2) is 0 Å². The number of nitrogens with one attached hydrogen (secondary N) is 1. The van der Waals surface area contributed by atoms with Gasteiger partial charge in [0.1, 0.15) is 6.54 Å². The zero-order valence-corrected chi connectivity index (χ0v) is 12.8. The number of carbonyl (C=O) groups excluding carboxylic acids is 1. The molecule has 2 heterocycles. The van der Waals surface area contributed by atoms with Crippen molar-refractivity contribution < 1.29 is 4.79 Å². The number of hydrogen-bond acceptors (Lipinski definition) is 2. The molecular weight excluding hydrogens is 274 g/mol. The van der Waals surface area contributed by atoms with E-state index in [1.54, 1.807) is 12.4 Å². The van der Waals surface area contributed by atoms with Crippen LogP contribution in [0, 0.1) is 6.92 Å². The minimum Gasteiger partial charge on any atom is -0.348 e. The first-order chi connectivity index (χ1) is 10.6. The number of nitrogens with zero attached hydrogens (tertiary/aromatic N) is 2. The van der Waals surface area contributed by atoms with Crippen LogP contribution in [0.2, 0.25) is 0 Å². The molecule has 4 nitrogen and oxygen atoms in total. The molecule has 112 valence electrons. The molecule has 0 spiro atoms. The predicted molar refractivity (Wildman–Crippen MR) is 87.5 cm³/mol. The second-order valence-corrected chi connectivity index (χ2v) is 5.53. The SMILES string of the molecule is Cc1cn(CC(=O)N[C@@H](C)c2ccncc2)c2ccccc12. The van der Waals surface area contributed by atoms with Gasteiger partial charge in [-0.3, -0.25) is 9.78 Å². The fraction of sp³-hybridized carbons (Fsp3) is 0.222. The molecule has 0 bridgehead atoms. The lowest BCUT2D eigenvalue weighted by atomic mass is 10.1. The summed E-state index contributed by atoms with van der Waals surface area (Å²) in [5.41, 5.74) is 3.33. The van der Waals surface area contributed by atoms with Crippen LogP contribution < -0.4 is 5.32 Å². The highest BCUT2D eigenvalue weighted by Crippen LogP contribution is 2.20. The van der Waals surface area contributed by atoms with Gasteiger partial charge in [-0.2, -0.15) is 0 Å². The molecule has 0 aliphatic rings. The molecule has 0 aliphatic carbocycles. The van der Waals surface area contributed by atoms with E-state index in [4.69, 9.17) is 0 Å². The van der Waals surface area contributed by atoms with Crippen LogP contribution in [0.5, 0.6) is 0 Å². The van der Waals surface area contributed by atoms with E-state index in [1.807, 2.05) is 48.0 Å². The van der Waals surface area contributed by atoms with Crippen molar-refractivity contribution in [2.75, 3.05) is 0 Å². The van der Waals surface area contributed by atoms with Crippen LogP contribution in [0.3, 0.4) is 0 Å². The van der Waals surface area contributed by atoms with Gasteiger partial charge in [0.25, 0.3) is 0 Å². The Labute approximate surface area is 129 Å². The van der Waals surface area contributed by atoms with E-state index in [1.165, 1.54) is 10.9 Å². The zero-order valence-electron chi connectivity index (χ0n) is 12.8. The lowest BCUT2D eigenvalue weighted by Gasteiger charge is -2.14. The Morgan fingerprint density at radius 3 is 2.73 bits per heavy atom. The number of fused-ring (bicyclic) bond motifs is 1. The van der Waals surface area contributed by atoms with Crippen LogP contribution >= 0.6 is 0 Å². The molecule has 3 rings (SSSR count). The Bertz CT molecular complexity index is 792. The summed E-state index contributed by atoms with van der Waals surface area (Å²) in [5.74, 6) is 0.00469. The summed E-state index contributed by atoms with van der Waals surface area (Å²) in [6, 6.07) is 11.9. The highest BCUT2D eigenvalue weighted by Gasteiger charge is 2.12. The van der Waals surface area contributed by atoms with Crippen LogP contribution in [-0.2, 0) is 11.3 Å². The van der Waals surface area contributed by atoms with Crippen molar-refractivity contribution in [3.05, 3.63) is 66.1 Å². The number of rotatable bonds is 4. The monoisotopic (exact) mass is 293 g/mol. The number of pyridine rings is 1. The minimum absolute atomic E-state index is 0.00469. The van der Waals surface area contributed by atoms with Gasteiger partial charge in [0.2, 0.25) is 5.91 Å². The molecule has 0 saturated carbocycles. The first-order valence-corrected chi connectivity index (χ1v) is 7.39. The van der Waals surface area contributed by atoms with Crippen LogP contribution in [0.25, 0.3) is 10.9 Å². The lowest BCUT2D eigenvalue weighted by molar-refractivity contribution is -0.122. The van der Waals surface area contributed by atoms with Crippen LogP contribution in [0.15, 0.2) is 55.0 Å². The molecule has 0 radical (unpaired) electrons. The number of benzene rings is 1. The number of hydrogen-bond donors (Lipinski definition) is 1. The first-order valence-electron chi connectivity index (χ1n) is 7.39. The summed E-state index contributed by atoms with van der Waals surface area (Å²) >= 11 is 0. The largest absolute Gasteiger partial charge is 0.348 e. The lowest BCUT2D eigenvalue weighted by Crippen LogP contribution is -2.29. The van der Waals surface area contributed by atoms with Gasteiger partial charge in [0, 0.05) is 29.5 Å². The topological polar surface area (TPSA) is 46.9 Å². The van der Waals surface area contributed by atoms with Crippen molar-refractivity contribution in [1.29, 1.82) is 0 Å². The second-order valence-electron chi connectivity index (χ2n) is 5.53. The van der Waals surface area contributed by atoms with Gasteiger partial charge in [0.05, 0.1) is 6.04 Å². The molecule has 1 atom stereocenters. The molecule has 3 aromatic rings. The van der Waals surface area contributed by atoms with E-state index >= 15 is 0 Å². The van der Waals surface area contributed by atoms with Crippen molar-refractivity contribution in [2.24, 2.45) is 0 Å². The summed E-state index contributed by atoms with van der Waals surface area (Å²) in [4.78, 5) is 16.3. The Kier molecular flexibility index (Phi) is 3.92. The van der Waals surface area contributed by atoms with Crippen LogP contribution in [0.1, 0.15) is 24.1 Å². The van der Waals surface area contributed by atoms with Crippen molar-refractivity contribution >= 4 is 16.8 Å². The first kappa shape index (κ1) is 14.3. The molecule has 4 heteroatoms. The Hall–Kier alpha value is -2.62. The van der Waals surface area contributed by atoms with Gasteiger partial charge in [-0.15, -0.1) is 0 Å². The van der Waals surface area contributed by atoms with E-state index in [0.29, 0.717) is 6.54 Å². The van der Waals surface area contributed by atoms with Crippen LogP contribution in [-0.4, -0.2) is 15.5 Å². The van der Waals surface area contributed by atoms with Crippen molar-refractivity contribution in [2.45, 2.75) is 26.4 Å². The van der Waals surface area contributed by atoms with Crippen molar-refractivity contribution in [3.63, 3.8) is 0 Å². The smallest absolute Gasteiger partial charge is 0.240 e. The van der Waals surface area contributed by atoms with Crippen molar-refractivity contribution in [3.8, 4) is 0 Å². The molecule has 2 aromatic heterocycles. The number of aromatic nitrogens is 2. The van der Waals surface area contributed by atoms with E-state index in [-0.39, 0.29) is 11.9 Å². The van der Waals surface area contributed by atoms with E-state index in [2.05, 4.69) is 23.3 Å². The predicted octanol–water partition coefficient (Wildman–Crippen LogP) is 3.22. The second kappa shape index (κ2) is 6.02. The third-order valence-corrected chi connectivity index (χ3v) is 3.89. The fourth-order valence-electron chi connectivity index (χ4n) is 2.74. The summed E-state index contributed by atoms with van der Waals surface area (Å²) in [6.45, 7) is 4.37. The number of amides is 1. The maximum atomic E-state index is 12.3. The molecule has 1 N–H and O–H groups in total. The normalized spacial score (nSPS) is 12.3. The number of aryl methyl sites for hydroxylation is 1. The Morgan fingerprint density at radius 1 is 1.23 bits per heavy atom. The summed E-state index contributed by atoms with van der Waals surface area (Å²) in [6.07, 6.45) is 5.50. The average Bonchev–Trinajstić information content (AvgIpc) is 2.85. The molecule has 0 aliphatic heterocycles. The van der Waals surface area contributed by atoms with Gasteiger partial charge >= 0.3 is 0 Å². The Balaban J connectivity index is 1.74. The van der Waals surface area contributed by atoms with Gasteiger partial charge < -0.3 is 9.88 Å². The van der Waals surface area contributed by atoms with E-state index in [0.717, 1.165) is 11.1 Å². The fourth-order valence-corrected chi connectivity index (χ4v) is 2.74. The molecule has 0 saturated heterocycles. The minimum atomic E-state index is -0.0292. The molecular formula is C18H19N3O. The van der Waals surface area contributed by atoms with Gasteiger partial charge in [0.15, 0.2) is 0 Å². The summed E-state index contributed by atoms with van der Waals surface area (Å²) in [5, 5.41) is 4.22. The van der Waals surface area contributed by atoms with Gasteiger partial charge in [-0.05, 0) is 43.2 Å². The standard InChI is InChI=1S/C18H19N3O/c1-13-11-21(17-6-4-3-5-16(13)17)12-18(22)20-14(2)15-7-9-19-10-8-15/h3-11,14H,12H2,1-2H3,(H,20,22)/t14-/m0/s1.